The highest BCUT2D eigenvalue weighted by atomic mass is 32.2. The van der Waals surface area contributed by atoms with Crippen LogP contribution in [0.5, 0.6) is 17.2 Å². The number of benzene rings is 3. The number of sulfonamides is 1. The Balaban J connectivity index is 1.87. The number of aryl methyl sites for hydroxylation is 1. The SMILES string of the molecule is COc1ccc(CNC(=O)CN(c2ccc(C)cc2)S(=O)(=O)c2ccc(SC)cc2)c(OC)c1OC. The second-order valence-electron chi connectivity index (χ2n) is 7.79. The summed E-state index contributed by atoms with van der Waals surface area (Å²) in [6.07, 6.45) is 1.92. The van der Waals surface area contributed by atoms with Crippen LogP contribution in [0.1, 0.15) is 11.1 Å². The Morgan fingerprint density at radius 3 is 2.08 bits per heavy atom. The first-order valence-electron chi connectivity index (χ1n) is 11.0. The molecule has 8 nitrogen and oxygen atoms in total. The topological polar surface area (TPSA) is 94.2 Å². The molecule has 0 atom stereocenters. The van der Waals surface area contributed by atoms with Gasteiger partial charge in [-0.25, -0.2) is 8.42 Å². The number of methoxy groups -OCH3 is 3. The Hall–Kier alpha value is -3.37. The number of rotatable bonds is 11. The van der Waals surface area contributed by atoms with Gasteiger partial charge in [-0.05, 0) is 61.7 Å². The fourth-order valence-corrected chi connectivity index (χ4v) is 5.41. The van der Waals surface area contributed by atoms with Gasteiger partial charge < -0.3 is 19.5 Å². The molecular weight excluding hydrogens is 500 g/mol. The second-order valence-corrected chi connectivity index (χ2v) is 10.5. The van der Waals surface area contributed by atoms with Crippen LogP contribution in [0.3, 0.4) is 0 Å². The summed E-state index contributed by atoms with van der Waals surface area (Å²) in [5, 5.41) is 2.79. The molecule has 0 heterocycles. The van der Waals surface area contributed by atoms with Crippen LogP contribution in [0.15, 0.2) is 70.5 Å². The van der Waals surface area contributed by atoms with Crippen molar-refractivity contribution in [3.8, 4) is 17.2 Å². The lowest BCUT2D eigenvalue weighted by atomic mass is 10.1. The first kappa shape index (κ1) is 27.2. The van der Waals surface area contributed by atoms with E-state index in [0.29, 0.717) is 28.5 Å². The Morgan fingerprint density at radius 2 is 1.53 bits per heavy atom. The predicted octanol–water partition coefficient (Wildman–Crippen LogP) is 4.25. The molecular formula is C26H30N2O6S2. The van der Waals surface area contributed by atoms with E-state index >= 15 is 0 Å². The monoisotopic (exact) mass is 530 g/mol. The maximum absolute atomic E-state index is 13.6. The summed E-state index contributed by atoms with van der Waals surface area (Å²) >= 11 is 1.52. The summed E-state index contributed by atoms with van der Waals surface area (Å²) in [5.41, 5.74) is 2.03. The van der Waals surface area contributed by atoms with Gasteiger partial charge in [-0.3, -0.25) is 9.10 Å². The number of carbonyl (C=O) groups is 1. The van der Waals surface area contributed by atoms with Gasteiger partial charge in [-0.2, -0.15) is 0 Å². The number of nitrogens with one attached hydrogen (secondary N) is 1. The molecule has 192 valence electrons. The molecule has 0 saturated heterocycles. The van der Waals surface area contributed by atoms with E-state index in [2.05, 4.69) is 5.32 Å². The average molecular weight is 531 g/mol. The number of ether oxygens (including phenoxy) is 3. The largest absolute Gasteiger partial charge is 0.493 e. The Kier molecular flexibility index (Phi) is 9.11. The lowest BCUT2D eigenvalue weighted by Crippen LogP contribution is -2.40. The van der Waals surface area contributed by atoms with E-state index < -0.39 is 22.5 Å². The van der Waals surface area contributed by atoms with Crippen molar-refractivity contribution in [3.05, 3.63) is 71.8 Å². The minimum absolute atomic E-state index is 0.104. The van der Waals surface area contributed by atoms with E-state index in [1.54, 1.807) is 60.7 Å². The van der Waals surface area contributed by atoms with Crippen molar-refractivity contribution < 1.29 is 27.4 Å². The highest BCUT2D eigenvalue weighted by molar-refractivity contribution is 7.98. The van der Waals surface area contributed by atoms with E-state index in [1.165, 1.54) is 33.1 Å². The van der Waals surface area contributed by atoms with E-state index in [1.807, 2.05) is 13.2 Å². The number of amides is 1. The summed E-state index contributed by atoms with van der Waals surface area (Å²) in [6, 6.07) is 17.0. The van der Waals surface area contributed by atoms with Crippen molar-refractivity contribution in [3.63, 3.8) is 0 Å². The Morgan fingerprint density at radius 1 is 0.889 bits per heavy atom. The summed E-state index contributed by atoms with van der Waals surface area (Å²) in [4.78, 5) is 14.1. The number of hydrogen-bond donors (Lipinski definition) is 1. The third kappa shape index (κ3) is 6.06. The molecule has 0 spiro atoms. The minimum atomic E-state index is -4.00. The van der Waals surface area contributed by atoms with Gasteiger partial charge in [-0.15, -0.1) is 11.8 Å². The van der Waals surface area contributed by atoms with E-state index in [4.69, 9.17) is 14.2 Å². The van der Waals surface area contributed by atoms with Crippen LogP contribution < -0.4 is 23.8 Å². The lowest BCUT2D eigenvalue weighted by molar-refractivity contribution is -0.119. The highest BCUT2D eigenvalue weighted by Crippen LogP contribution is 2.39. The average Bonchev–Trinajstić information content (AvgIpc) is 2.90. The molecule has 0 unspecified atom stereocenters. The fraction of sp³-hybridized carbons (Fsp3) is 0.269. The second kappa shape index (κ2) is 12.0. The number of thioether (sulfide) groups is 1. The van der Waals surface area contributed by atoms with Crippen molar-refractivity contribution in [2.75, 3.05) is 38.4 Å². The highest BCUT2D eigenvalue weighted by Gasteiger charge is 2.27. The van der Waals surface area contributed by atoms with Crippen molar-refractivity contribution in [1.29, 1.82) is 0 Å². The van der Waals surface area contributed by atoms with Gasteiger partial charge in [0.2, 0.25) is 11.7 Å². The molecule has 0 radical (unpaired) electrons. The van der Waals surface area contributed by atoms with Crippen LogP contribution in [0.25, 0.3) is 0 Å². The smallest absolute Gasteiger partial charge is 0.264 e. The van der Waals surface area contributed by atoms with E-state index in [9.17, 15) is 13.2 Å². The van der Waals surface area contributed by atoms with Crippen molar-refractivity contribution in [2.45, 2.75) is 23.3 Å². The summed E-state index contributed by atoms with van der Waals surface area (Å²) in [6.45, 7) is 1.62. The summed E-state index contributed by atoms with van der Waals surface area (Å²) in [7, 11) is 0.516. The molecule has 1 N–H and O–H groups in total. The van der Waals surface area contributed by atoms with Gasteiger partial charge >= 0.3 is 0 Å². The number of anilines is 1. The molecule has 0 aromatic heterocycles. The molecule has 0 bridgehead atoms. The molecule has 0 aliphatic heterocycles. The normalized spacial score (nSPS) is 11.0. The van der Waals surface area contributed by atoms with Crippen molar-refractivity contribution in [1.82, 2.24) is 5.32 Å². The maximum atomic E-state index is 13.6. The first-order chi connectivity index (χ1) is 17.2. The van der Waals surface area contributed by atoms with Crippen LogP contribution in [-0.2, 0) is 21.4 Å². The molecule has 3 rings (SSSR count). The zero-order valence-electron chi connectivity index (χ0n) is 20.9. The van der Waals surface area contributed by atoms with Gasteiger partial charge in [0.1, 0.15) is 6.54 Å². The third-order valence-corrected chi connectivity index (χ3v) is 8.05. The first-order valence-corrected chi connectivity index (χ1v) is 13.7. The summed E-state index contributed by atoms with van der Waals surface area (Å²) in [5.74, 6) is 0.851. The van der Waals surface area contributed by atoms with Crippen molar-refractivity contribution in [2.24, 2.45) is 0 Å². The fourth-order valence-electron chi connectivity index (χ4n) is 3.58. The van der Waals surface area contributed by atoms with Crippen LogP contribution in [-0.4, -0.2) is 48.5 Å². The molecule has 10 heteroatoms. The van der Waals surface area contributed by atoms with Crippen LogP contribution in [0.2, 0.25) is 0 Å². The summed E-state index contributed by atoms with van der Waals surface area (Å²) < 4.78 is 44.4. The zero-order valence-corrected chi connectivity index (χ0v) is 22.5. The zero-order chi connectivity index (χ0) is 26.3. The van der Waals surface area contributed by atoms with Crippen LogP contribution in [0, 0.1) is 6.92 Å². The lowest BCUT2D eigenvalue weighted by Gasteiger charge is -2.24. The van der Waals surface area contributed by atoms with E-state index in [-0.39, 0.29) is 11.4 Å². The molecule has 0 aliphatic carbocycles. The van der Waals surface area contributed by atoms with Gasteiger partial charge in [-0.1, -0.05) is 17.7 Å². The van der Waals surface area contributed by atoms with Crippen molar-refractivity contribution >= 4 is 33.4 Å². The third-order valence-electron chi connectivity index (χ3n) is 5.52. The van der Waals surface area contributed by atoms with Crippen LogP contribution in [0.4, 0.5) is 5.69 Å². The standard InChI is InChI=1S/C26H30N2O6S2/c1-18-6-9-20(10-7-18)28(36(30,31)22-13-11-21(35-5)12-14-22)17-24(29)27-16-19-8-15-23(32-2)26(34-4)25(19)33-3/h6-15H,16-17H2,1-5H3,(H,27,29). The molecule has 1 amide bonds. The number of hydrogen-bond acceptors (Lipinski definition) is 7. The Labute approximate surface area is 216 Å². The molecule has 0 fully saturated rings. The van der Waals surface area contributed by atoms with E-state index in [0.717, 1.165) is 14.8 Å². The Bertz CT molecular complexity index is 1290. The molecule has 3 aromatic carbocycles. The quantitative estimate of drug-likeness (QED) is 0.370. The molecule has 3 aromatic rings. The number of carbonyl (C=O) groups excluding carboxylic acids is 1. The maximum Gasteiger partial charge on any atom is 0.264 e. The van der Waals surface area contributed by atoms with Gasteiger partial charge in [0.25, 0.3) is 10.0 Å². The molecule has 36 heavy (non-hydrogen) atoms. The van der Waals surface area contributed by atoms with Gasteiger partial charge in [0.05, 0.1) is 31.9 Å². The molecule has 0 aliphatic rings. The van der Waals surface area contributed by atoms with Gasteiger partial charge in [0.15, 0.2) is 11.5 Å². The van der Waals surface area contributed by atoms with Crippen LogP contribution >= 0.6 is 11.8 Å². The molecule has 0 saturated carbocycles. The van der Waals surface area contributed by atoms with Gasteiger partial charge in [0, 0.05) is 17.0 Å². The minimum Gasteiger partial charge on any atom is -0.493 e. The predicted molar refractivity (Wildman–Crippen MR) is 142 cm³/mol. The number of nitrogens with zero attached hydrogens (tertiary/aromatic N) is 1.